The van der Waals surface area contributed by atoms with E-state index in [0.717, 1.165) is 17.9 Å². The Morgan fingerprint density at radius 2 is 2.14 bits per heavy atom. The number of hydrogen-bond acceptors (Lipinski definition) is 0. The van der Waals surface area contributed by atoms with Crippen LogP contribution < -0.4 is 4.90 Å². The first-order valence-corrected chi connectivity index (χ1v) is 8.41. The topological polar surface area (TPSA) is 20.2 Å². The second-order valence-electron chi connectivity index (χ2n) is 7.32. The fraction of sp³-hybridized carbons (Fsp3) is 0.474. The number of fused-ring (bicyclic) bond motifs is 7. The minimum atomic E-state index is 0.718. The summed E-state index contributed by atoms with van der Waals surface area (Å²) in [5.41, 5.74) is 6.14. The average molecular weight is 279 g/mol. The maximum atomic E-state index is 3.79. The van der Waals surface area contributed by atoms with Gasteiger partial charge in [-0.05, 0) is 31.4 Å². The lowest BCUT2D eigenvalue weighted by atomic mass is 9.77. The maximum Gasteiger partial charge on any atom is 0.132 e. The van der Waals surface area contributed by atoms with Crippen LogP contribution in [0.25, 0.3) is 10.9 Å². The number of aromatic nitrogens is 1. The molecule has 1 saturated heterocycles. The molecule has 108 valence electrons. The van der Waals surface area contributed by atoms with E-state index in [1.54, 1.807) is 16.8 Å². The summed E-state index contributed by atoms with van der Waals surface area (Å²) in [6.45, 7) is 5.03. The molecule has 21 heavy (non-hydrogen) atoms. The zero-order valence-corrected chi connectivity index (χ0v) is 12.7. The molecule has 1 fully saturated rings. The Hall–Kier alpha value is -1.54. The van der Waals surface area contributed by atoms with E-state index in [4.69, 9.17) is 0 Å². The van der Waals surface area contributed by atoms with Crippen molar-refractivity contribution in [1.29, 1.82) is 0 Å². The Labute approximate surface area is 125 Å². The minimum absolute atomic E-state index is 0.718. The highest BCUT2D eigenvalue weighted by atomic mass is 15.2. The summed E-state index contributed by atoms with van der Waals surface area (Å²) in [7, 11) is 0. The summed E-state index contributed by atoms with van der Waals surface area (Å²) < 4.78 is 0. The highest BCUT2D eigenvalue weighted by molar-refractivity contribution is 5.85. The number of rotatable bonds is 0. The zero-order valence-electron chi connectivity index (χ0n) is 12.7. The third-order valence-electron chi connectivity index (χ3n) is 6.17. The van der Waals surface area contributed by atoms with Crippen molar-refractivity contribution in [2.75, 3.05) is 13.1 Å². The minimum Gasteiger partial charge on any atom is -0.353 e. The van der Waals surface area contributed by atoms with Crippen LogP contribution in [-0.2, 0) is 6.42 Å². The van der Waals surface area contributed by atoms with Crippen LogP contribution in [-0.4, -0.2) is 18.1 Å². The van der Waals surface area contributed by atoms with Crippen molar-refractivity contribution in [3.05, 3.63) is 47.2 Å². The molecule has 0 bridgehead atoms. The van der Waals surface area contributed by atoms with Gasteiger partial charge in [0.15, 0.2) is 0 Å². The Morgan fingerprint density at radius 3 is 3.10 bits per heavy atom. The molecular weight excluding hydrogens is 256 g/mol. The molecule has 3 heterocycles. The smallest absolute Gasteiger partial charge is 0.132 e. The summed E-state index contributed by atoms with van der Waals surface area (Å²) in [6.07, 6.45) is 6.37. The van der Waals surface area contributed by atoms with Gasteiger partial charge in [0.25, 0.3) is 0 Å². The molecule has 0 amide bonds. The molecule has 1 unspecified atom stereocenters. The van der Waals surface area contributed by atoms with Crippen LogP contribution >= 0.6 is 0 Å². The van der Waals surface area contributed by atoms with Gasteiger partial charge in [-0.15, -0.1) is 0 Å². The lowest BCUT2D eigenvalue weighted by molar-refractivity contribution is -0.923. The number of nitrogens with one attached hydrogen (secondary N) is 2. The van der Waals surface area contributed by atoms with Crippen molar-refractivity contribution < 1.29 is 4.90 Å². The standard InChI is InChI=1S/C19H22N2/c1-12-6-7-14-13(10-12)11-21-9-8-16-15-4-2-3-5-17(15)20-18(16)19(14)21/h2-6,13-14,19-20H,7-11H2,1H3/p+1/t13-,14+,19+/m1/s1. The Morgan fingerprint density at radius 1 is 1.24 bits per heavy atom. The monoisotopic (exact) mass is 279 g/mol. The molecule has 1 aliphatic carbocycles. The quantitative estimate of drug-likeness (QED) is 0.692. The molecule has 2 nitrogen and oxygen atoms in total. The second-order valence-corrected chi connectivity index (χ2v) is 7.32. The average Bonchev–Trinajstić information content (AvgIpc) is 3.03. The normalized spacial score (nSPS) is 34.2. The highest BCUT2D eigenvalue weighted by Gasteiger charge is 2.49. The van der Waals surface area contributed by atoms with E-state index < -0.39 is 0 Å². The van der Waals surface area contributed by atoms with Gasteiger partial charge in [-0.1, -0.05) is 29.8 Å². The molecule has 5 rings (SSSR count). The van der Waals surface area contributed by atoms with Gasteiger partial charge in [0, 0.05) is 29.2 Å². The lowest BCUT2D eigenvalue weighted by Gasteiger charge is -2.30. The number of quaternary nitrogens is 1. The van der Waals surface area contributed by atoms with Gasteiger partial charge in [0.2, 0.25) is 0 Å². The molecule has 2 aliphatic heterocycles. The van der Waals surface area contributed by atoms with E-state index in [1.807, 2.05) is 4.90 Å². The van der Waals surface area contributed by atoms with Gasteiger partial charge in [0.05, 0.1) is 18.8 Å². The van der Waals surface area contributed by atoms with Gasteiger partial charge in [-0.3, -0.25) is 0 Å². The summed E-state index contributed by atoms with van der Waals surface area (Å²) in [4.78, 5) is 5.63. The number of para-hydroxylation sites is 1. The maximum absolute atomic E-state index is 3.79. The van der Waals surface area contributed by atoms with Crippen LogP contribution in [0.15, 0.2) is 35.9 Å². The van der Waals surface area contributed by atoms with Crippen LogP contribution in [0.5, 0.6) is 0 Å². The fourth-order valence-electron chi connectivity index (χ4n) is 5.29. The first-order valence-electron chi connectivity index (χ1n) is 8.41. The SMILES string of the molecule is CC1=CC[C@H]2[C@H](C1)C[NH+]1CCc3c([nH]c4ccccc34)[C@H]21. The van der Waals surface area contributed by atoms with E-state index in [1.165, 1.54) is 43.3 Å². The Balaban J connectivity index is 1.64. The highest BCUT2D eigenvalue weighted by Crippen LogP contribution is 2.42. The number of benzene rings is 1. The second kappa shape index (κ2) is 4.23. The molecule has 2 heteroatoms. The molecule has 2 N–H and O–H groups in total. The molecule has 4 atom stereocenters. The predicted molar refractivity (Wildman–Crippen MR) is 85.4 cm³/mol. The lowest BCUT2D eigenvalue weighted by Crippen LogP contribution is -3.11. The van der Waals surface area contributed by atoms with Gasteiger partial charge in [-0.25, -0.2) is 0 Å². The van der Waals surface area contributed by atoms with Crippen molar-refractivity contribution in [3.8, 4) is 0 Å². The molecule has 1 aromatic heterocycles. The van der Waals surface area contributed by atoms with Gasteiger partial charge >= 0.3 is 0 Å². The molecular formula is C19H23N2+. The van der Waals surface area contributed by atoms with Crippen molar-refractivity contribution in [1.82, 2.24) is 4.98 Å². The van der Waals surface area contributed by atoms with Crippen molar-refractivity contribution >= 4 is 10.9 Å². The van der Waals surface area contributed by atoms with Crippen molar-refractivity contribution in [3.63, 3.8) is 0 Å². The first-order chi connectivity index (χ1) is 10.3. The fourth-order valence-corrected chi connectivity index (χ4v) is 5.29. The van der Waals surface area contributed by atoms with Gasteiger partial charge in [-0.2, -0.15) is 0 Å². The van der Waals surface area contributed by atoms with E-state index in [0.29, 0.717) is 0 Å². The van der Waals surface area contributed by atoms with Crippen LogP contribution in [0.4, 0.5) is 0 Å². The molecule has 1 aromatic carbocycles. The molecule has 2 aromatic rings. The van der Waals surface area contributed by atoms with Crippen LogP contribution in [0, 0.1) is 11.8 Å². The number of allylic oxidation sites excluding steroid dienone is 2. The van der Waals surface area contributed by atoms with E-state index in [2.05, 4.69) is 42.2 Å². The summed E-state index contributed by atoms with van der Waals surface area (Å²) in [6, 6.07) is 9.59. The molecule has 3 aliphatic rings. The summed E-state index contributed by atoms with van der Waals surface area (Å²) in [5, 5.41) is 1.47. The third kappa shape index (κ3) is 1.63. The Kier molecular flexibility index (Phi) is 2.43. The van der Waals surface area contributed by atoms with Crippen LogP contribution in [0.1, 0.15) is 37.1 Å². The van der Waals surface area contributed by atoms with Gasteiger partial charge < -0.3 is 9.88 Å². The van der Waals surface area contributed by atoms with E-state index >= 15 is 0 Å². The zero-order chi connectivity index (χ0) is 14.0. The third-order valence-corrected chi connectivity index (χ3v) is 6.17. The van der Waals surface area contributed by atoms with Gasteiger partial charge in [0.1, 0.15) is 6.04 Å². The number of H-pyrrole nitrogens is 1. The van der Waals surface area contributed by atoms with Crippen LogP contribution in [0.3, 0.4) is 0 Å². The molecule has 0 radical (unpaired) electrons. The number of hydrogen-bond donors (Lipinski definition) is 2. The Bertz CT molecular complexity index is 739. The van der Waals surface area contributed by atoms with Crippen molar-refractivity contribution in [2.45, 2.75) is 32.2 Å². The number of aromatic amines is 1. The molecule has 0 saturated carbocycles. The summed E-state index contributed by atoms with van der Waals surface area (Å²) in [5.74, 6) is 1.77. The predicted octanol–water partition coefficient (Wildman–Crippen LogP) is 2.64. The summed E-state index contributed by atoms with van der Waals surface area (Å²) >= 11 is 0. The van der Waals surface area contributed by atoms with E-state index in [9.17, 15) is 0 Å². The van der Waals surface area contributed by atoms with Crippen molar-refractivity contribution in [2.24, 2.45) is 11.8 Å². The molecule has 0 spiro atoms. The van der Waals surface area contributed by atoms with Crippen LogP contribution in [0.2, 0.25) is 0 Å². The first kappa shape index (κ1) is 12.0. The largest absolute Gasteiger partial charge is 0.353 e. The van der Waals surface area contributed by atoms with E-state index in [-0.39, 0.29) is 0 Å².